The van der Waals surface area contributed by atoms with Crippen LogP contribution in [0, 0.1) is 0 Å². The first-order chi connectivity index (χ1) is 11.2. The van der Waals surface area contributed by atoms with Crippen molar-refractivity contribution in [3.63, 3.8) is 0 Å². The van der Waals surface area contributed by atoms with Crippen molar-refractivity contribution >= 4 is 22.9 Å². The van der Waals surface area contributed by atoms with E-state index < -0.39 is 0 Å². The van der Waals surface area contributed by atoms with Gasteiger partial charge < -0.3 is 0 Å². The second-order valence-electron chi connectivity index (χ2n) is 4.85. The Morgan fingerprint density at radius 3 is 2.13 bits per heavy atom. The number of thiazole rings is 1. The molecule has 1 aliphatic carbocycles. The van der Waals surface area contributed by atoms with E-state index >= 15 is 0 Å². The quantitative estimate of drug-likeness (QED) is 0.787. The molecule has 0 saturated carbocycles. The number of allylic oxidation sites excluding steroid dienone is 6. The second-order valence-corrected chi connectivity index (χ2v) is 5.85. The van der Waals surface area contributed by atoms with E-state index in [2.05, 4.69) is 18.1 Å². The molecule has 4 heteroatoms. The molecule has 1 aromatic carbocycles. The monoisotopic (exact) mass is 319 g/mol. The molecule has 0 spiro atoms. The van der Waals surface area contributed by atoms with Crippen LogP contribution in [0.5, 0.6) is 0 Å². The van der Waals surface area contributed by atoms with Crippen LogP contribution < -0.4 is 0 Å². The number of ketones is 2. The Balaban J connectivity index is 2.20. The normalized spacial score (nSPS) is 17.4. The van der Waals surface area contributed by atoms with Crippen LogP contribution in [0.1, 0.15) is 20.2 Å². The maximum absolute atomic E-state index is 12.7. The molecule has 1 aliphatic rings. The van der Waals surface area contributed by atoms with Gasteiger partial charge in [-0.1, -0.05) is 67.8 Å². The van der Waals surface area contributed by atoms with E-state index in [9.17, 15) is 9.59 Å². The molecule has 3 rings (SSSR count). The van der Waals surface area contributed by atoms with Gasteiger partial charge in [0, 0.05) is 16.7 Å². The fourth-order valence-corrected chi connectivity index (χ4v) is 3.42. The molecule has 3 nitrogen and oxygen atoms in total. The minimum absolute atomic E-state index is 0.202. The average Bonchev–Trinajstić information content (AvgIpc) is 3.02. The lowest BCUT2D eigenvalue weighted by Gasteiger charge is -2.14. The molecule has 0 aliphatic heterocycles. The highest BCUT2D eigenvalue weighted by Crippen LogP contribution is 2.36. The van der Waals surface area contributed by atoms with E-state index in [1.165, 1.54) is 23.5 Å². The number of fused-ring (bicyclic) bond motifs is 1. The third kappa shape index (κ3) is 2.53. The van der Waals surface area contributed by atoms with Gasteiger partial charge in [0.05, 0.1) is 0 Å². The summed E-state index contributed by atoms with van der Waals surface area (Å²) in [5.41, 5.74) is 1.74. The number of hydrogen-bond donors (Lipinski definition) is 0. The van der Waals surface area contributed by atoms with Crippen molar-refractivity contribution < 1.29 is 9.59 Å². The lowest BCUT2D eigenvalue weighted by Crippen LogP contribution is -2.21. The Bertz CT molecular complexity index is 832. The van der Waals surface area contributed by atoms with Crippen LogP contribution in [-0.2, 0) is 0 Å². The summed E-state index contributed by atoms with van der Waals surface area (Å²) < 4.78 is 0. The van der Waals surface area contributed by atoms with Gasteiger partial charge in [0.15, 0.2) is 0 Å². The lowest BCUT2D eigenvalue weighted by molar-refractivity contribution is 0.0973. The minimum Gasteiger partial charge on any atom is -0.288 e. The van der Waals surface area contributed by atoms with Gasteiger partial charge in [-0.25, -0.2) is 4.98 Å². The van der Waals surface area contributed by atoms with Gasteiger partial charge in [-0.05, 0) is 0 Å². The highest BCUT2D eigenvalue weighted by molar-refractivity contribution is 7.17. The number of carbonyl (C=O) groups excluding carboxylic acids is 2. The Morgan fingerprint density at radius 2 is 1.52 bits per heavy atom. The largest absolute Gasteiger partial charge is 0.288 e. The number of benzene rings is 1. The Morgan fingerprint density at radius 1 is 0.913 bits per heavy atom. The molecule has 0 saturated heterocycles. The molecule has 1 heterocycles. The molecule has 0 radical (unpaired) electrons. The highest BCUT2D eigenvalue weighted by Gasteiger charge is 2.35. The number of rotatable bonds is 3. The zero-order valence-electron chi connectivity index (χ0n) is 12.3. The fourth-order valence-electron chi connectivity index (χ4n) is 2.39. The minimum atomic E-state index is -0.258. The van der Waals surface area contributed by atoms with E-state index in [0.717, 1.165) is 5.56 Å². The van der Waals surface area contributed by atoms with Gasteiger partial charge in [-0.2, -0.15) is 0 Å². The summed E-state index contributed by atoms with van der Waals surface area (Å²) in [7, 11) is 0. The van der Waals surface area contributed by atoms with E-state index in [-0.39, 0.29) is 17.3 Å². The van der Waals surface area contributed by atoms with E-state index in [4.69, 9.17) is 0 Å². The zero-order chi connectivity index (χ0) is 16.4. The smallest absolute Gasteiger partial charge is 0.213 e. The van der Waals surface area contributed by atoms with Crippen LogP contribution in [0.2, 0.25) is 0 Å². The number of hydrogen-bond acceptors (Lipinski definition) is 4. The van der Waals surface area contributed by atoms with Crippen LogP contribution in [0.25, 0.3) is 10.6 Å². The van der Waals surface area contributed by atoms with Gasteiger partial charge >= 0.3 is 0 Å². The average molecular weight is 319 g/mol. The summed E-state index contributed by atoms with van der Waals surface area (Å²) in [6.45, 7) is 7.22. The van der Waals surface area contributed by atoms with Crippen molar-refractivity contribution in [3.8, 4) is 10.6 Å². The summed E-state index contributed by atoms with van der Waals surface area (Å²) >= 11 is 1.24. The van der Waals surface area contributed by atoms with Crippen molar-refractivity contribution in [1.82, 2.24) is 4.98 Å². The van der Waals surface area contributed by atoms with Gasteiger partial charge in [0.25, 0.3) is 0 Å². The Kier molecular flexibility index (Phi) is 4.00. The number of nitrogens with zero attached hydrogens (tertiary/aromatic N) is 1. The maximum atomic E-state index is 12.7. The summed E-state index contributed by atoms with van der Waals surface area (Å²) in [4.78, 5) is 30.2. The molecular weight excluding hydrogens is 306 g/mol. The molecule has 0 bridgehead atoms. The molecular formula is C19H13NO2S. The fraction of sp³-hybridized carbons (Fsp3) is 0. The van der Waals surface area contributed by atoms with Crippen LogP contribution in [-0.4, -0.2) is 16.6 Å². The molecule has 23 heavy (non-hydrogen) atoms. The zero-order valence-corrected chi connectivity index (χ0v) is 13.1. The molecule has 1 aromatic heterocycles. The predicted octanol–water partition coefficient (Wildman–Crippen LogP) is 4.41. The molecule has 112 valence electrons. The Labute approximate surface area is 138 Å². The summed E-state index contributed by atoms with van der Waals surface area (Å²) in [5.74, 6) is -0.460. The van der Waals surface area contributed by atoms with Gasteiger partial charge in [-0.15, -0.1) is 11.3 Å². The topological polar surface area (TPSA) is 47.0 Å². The van der Waals surface area contributed by atoms with Gasteiger partial charge in [0.1, 0.15) is 15.6 Å². The second kappa shape index (κ2) is 6.10. The number of aromatic nitrogens is 1. The first-order valence-corrected chi connectivity index (χ1v) is 7.80. The summed E-state index contributed by atoms with van der Waals surface area (Å²) in [5, 5.41) is 0.662. The van der Waals surface area contributed by atoms with Crippen molar-refractivity contribution in [2.75, 3.05) is 0 Å². The number of Topliss-reactive ketones (excluding diaryl/α,β-unsaturated/α-hetero) is 2. The molecule has 0 unspecified atom stereocenters. The third-order valence-corrected chi connectivity index (χ3v) is 4.52. The van der Waals surface area contributed by atoms with Crippen molar-refractivity contribution in [2.24, 2.45) is 0 Å². The van der Waals surface area contributed by atoms with E-state index in [0.29, 0.717) is 21.0 Å². The van der Waals surface area contributed by atoms with Crippen LogP contribution in [0.4, 0.5) is 0 Å². The van der Waals surface area contributed by atoms with Gasteiger partial charge in [-0.3, -0.25) is 9.59 Å². The highest BCUT2D eigenvalue weighted by atomic mass is 32.1. The van der Waals surface area contributed by atoms with Crippen LogP contribution in [0.3, 0.4) is 0 Å². The first-order valence-electron chi connectivity index (χ1n) is 6.98. The summed E-state index contributed by atoms with van der Waals surface area (Å²) in [6, 6.07) is 9.50. The van der Waals surface area contributed by atoms with E-state index in [1.807, 2.05) is 30.3 Å². The summed E-state index contributed by atoms with van der Waals surface area (Å²) in [6.07, 6.45) is 6.09. The van der Waals surface area contributed by atoms with Gasteiger partial charge in [0.2, 0.25) is 11.6 Å². The van der Waals surface area contributed by atoms with Crippen molar-refractivity contribution in [1.29, 1.82) is 0 Å². The van der Waals surface area contributed by atoms with Crippen LogP contribution in [0.15, 0.2) is 78.9 Å². The first kappa shape index (κ1) is 15.1. The maximum Gasteiger partial charge on any atom is 0.213 e. The Hall–Kier alpha value is -2.85. The molecule has 0 N–H and O–H groups in total. The van der Waals surface area contributed by atoms with Crippen molar-refractivity contribution in [3.05, 3.63) is 89.5 Å². The molecule has 2 aromatic rings. The molecule has 0 fully saturated rings. The van der Waals surface area contributed by atoms with E-state index in [1.54, 1.807) is 12.2 Å². The predicted molar refractivity (Wildman–Crippen MR) is 92.8 cm³/mol. The standard InChI is InChI=1S/C19H13NO2S/c1-3-8-13-14(9-4-2)17(22)18-15(16(13)21)20-19(23-18)12-10-6-5-7-11-12/h3-11H,1-2H2/b13-8+,14-9+. The molecule has 0 amide bonds. The molecule has 0 atom stereocenters. The van der Waals surface area contributed by atoms with Crippen molar-refractivity contribution in [2.45, 2.75) is 0 Å². The van der Waals surface area contributed by atoms with Crippen LogP contribution >= 0.6 is 11.3 Å². The number of carbonyl (C=O) groups is 2. The SMILES string of the molecule is C=C/C=C1/C(=O)c2nc(-c3ccccc3)sc2C(=O)/C1=C/C=C. The lowest BCUT2D eigenvalue weighted by atomic mass is 9.88. The third-order valence-electron chi connectivity index (χ3n) is 3.42.